The molecule has 0 aliphatic carbocycles. The zero-order valence-electron chi connectivity index (χ0n) is 22.4. The van der Waals surface area contributed by atoms with E-state index in [-0.39, 0.29) is 13.0 Å². The molecular formula is C31H29F2N7. The zero-order valence-corrected chi connectivity index (χ0v) is 22.4. The predicted molar refractivity (Wildman–Crippen MR) is 155 cm³/mol. The maximum absolute atomic E-state index is 13.7. The lowest BCUT2D eigenvalue weighted by Crippen LogP contribution is -2.26. The Morgan fingerprint density at radius 2 is 1.93 bits per heavy atom. The van der Waals surface area contributed by atoms with Crippen LogP contribution in [0.3, 0.4) is 0 Å². The zero-order chi connectivity index (χ0) is 27.9. The first-order valence-corrected chi connectivity index (χ1v) is 13.2. The number of alkyl halides is 2. The van der Waals surface area contributed by atoms with Crippen LogP contribution in [-0.2, 0) is 0 Å². The van der Waals surface area contributed by atoms with Crippen LogP contribution in [-0.4, -0.2) is 60.6 Å². The van der Waals surface area contributed by atoms with Crippen LogP contribution in [0, 0.1) is 0 Å². The first-order valence-electron chi connectivity index (χ1n) is 13.2. The highest BCUT2D eigenvalue weighted by atomic mass is 19.3. The van der Waals surface area contributed by atoms with Gasteiger partial charge in [0.25, 0.3) is 5.92 Å². The third-order valence-electron chi connectivity index (χ3n) is 6.94. The van der Waals surface area contributed by atoms with Gasteiger partial charge in [-0.25, -0.2) is 18.7 Å². The number of H-pyrrole nitrogens is 2. The number of nitrogens with one attached hydrogen (secondary N) is 2. The number of likely N-dealkylation sites (tertiary alicyclic amines) is 1. The molecule has 1 aliphatic heterocycles. The molecule has 0 saturated carbocycles. The second-order valence-electron chi connectivity index (χ2n) is 10.4. The summed E-state index contributed by atoms with van der Waals surface area (Å²) in [7, 11) is 0. The van der Waals surface area contributed by atoms with E-state index in [1.54, 1.807) is 11.1 Å². The van der Waals surface area contributed by atoms with Crippen LogP contribution in [0.1, 0.15) is 26.0 Å². The van der Waals surface area contributed by atoms with Gasteiger partial charge in [-0.2, -0.15) is 5.10 Å². The highest BCUT2D eigenvalue weighted by Gasteiger charge is 2.37. The van der Waals surface area contributed by atoms with Crippen LogP contribution in [0.25, 0.3) is 50.3 Å². The van der Waals surface area contributed by atoms with Crippen LogP contribution in [0.2, 0.25) is 0 Å². The number of nitrogens with zero attached hydrogens (tertiary/aromatic N) is 5. The Morgan fingerprint density at radius 1 is 1.05 bits per heavy atom. The molecule has 1 aromatic carbocycles. The average molecular weight is 538 g/mol. The Bertz CT molecular complexity index is 1780. The molecule has 1 aliphatic rings. The molecule has 1 fully saturated rings. The van der Waals surface area contributed by atoms with E-state index in [2.05, 4.69) is 26.7 Å². The standard InChI is InChI=1S/C31H29F2N7/c1-19(2)14-22(15-20(3)17-40-13-11-31(32,33)18-40)24-9-10-26-28(35-24)29(39-38-26)30-36-25-8-4-7-23(27(25)37-30)21-6-5-12-34-16-21/h4-10,12,14-16H,1,11,13,17-18H2,2-3H3,(H,36,37)(H,38,39)/b20-15+,22-14+. The van der Waals surface area contributed by atoms with Crippen molar-refractivity contribution in [3.63, 3.8) is 0 Å². The molecule has 0 atom stereocenters. The molecule has 1 saturated heterocycles. The maximum Gasteiger partial charge on any atom is 0.261 e. The van der Waals surface area contributed by atoms with Crippen molar-refractivity contribution in [1.29, 1.82) is 0 Å². The number of halogens is 2. The van der Waals surface area contributed by atoms with Gasteiger partial charge in [0, 0.05) is 48.6 Å². The van der Waals surface area contributed by atoms with E-state index in [0.29, 0.717) is 30.1 Å². The van der Waals surface area contributed by atoms with E-state index in [4.69, 9.17) is 9.97 Å². The van der Waals surface area contributed by atoms with Crippen LogP contribution < -0.4 is 0 Å². The number of hydrogen-bond donors (Lipinski definition) is 2. The highest BCUT2D eigenvalue weighted by molar-refractivity contribution is 5.96. The summed E-state index contributed by atoms with van der Waals surface area (Å²) in [6.45, 7) is 8.57. The molecule has 9 heteroatoms. The fourth-order valence-electron chi connectivity index (χ4n) is 5.18. The number of benzene rings is 1. The van der Waals surface area contributed by atoms with Crippen LogP contribution in [0.15, 0.2) is 84.7 Å². The number of para-hydroxylation sites is 1. The summed E-state index contributed by atoms with van der Waals surface area (Å²) in [5.74, 6) is -2.01. The Balaban J connectivity index is 1.37. The van der Waals surface area contributed by atoms with Crippen molar-refractivity contribution in [2.75, 3.05) is 19.6 Å². The van der Waals surface area contributed by atoms with E-state index in [9.17, 15) is 8.78 Å². The Labute approximate surface area is 230 Å². The fourth-order valence-corrected chi connectivity index (χ4v) is 5.18. The molecule has 0 radical (unpaired) electrons. The van der Waals surface area contributed by atoms with Crippen molar-refractivity contribution in [3.05, 3.63) is 90.4 Å². The molecule has 40 heavy (non-hydrogen) atoms. The Hall–Kier alpha value is -4.50. The van der Waals surface area contributed by atoms with E-state index in [0.717, 1.165) is 50.1 Å². The molecule has 0 unspecified atom stereocenters. The second-order valence-corrected chi connectivity index (χ2v) is 10.4. The summed E-state index contributed by atoms with van der Waals surface area (Å²) in [5.41, 5.74) is 9.16. The summed E-state index contributed by atoms with van der Waals surface area (Å²) in [6, 6.07) is 13.8. The van der Waals surface area contributed by atoms with Crippen molar-refractivity contribution in [2.24, 2.45) is 0 Å². The number of allylic oxidation sites excluding steroid dienone is 4. The SMILES string of the molecule is C=C(C)/C=C(\C=C(/C)CN1CCC(F)(F)C1)c1ccc2[nH]nc(-c3nc4c(-c5cccnc5)cccc4[nH]3)c2n1. The second kappa shape index (κ2) is 10.2. The van der Waals surface area contributed by atoms with Gasteiger partial charge in [0.05, 0.1) is 28.8 Å². The van der Waals surface area contributed by atoms with Crippen LogP contribution in [0.4, 0.5) is 8.78 Å². The number of fused-ring (bicyclic) bond motifs is 2. The number of hydrogen-bond acceptors (Lipinski definition) is 5. The fraction of sp³-hybridized carbons (Fsp3) is 0.226. The van der Waals surface area contributed by atoms with Gasteiger partial charge in [0.2, 0.25) is 0 Å². The third kappa shape index (κ3) is 5.20. The molecule has 0 spiro atoms. The molecule has 7 nitrogen and oxygen atoms in total. The molecule has 202 valence electrons. The summed E-state index contributed by atoms with van der Waals surface area (Å²) >= 11 is 0. The van der Waals surface area contributed by atoms with E-state index in [1.165, 1.54) is 0 Å². The lowest BCUT2D eigenvalue weighted by Gasteiger charge is -2.16. The smallest absolute Gasteiger partial charge is 0.261 e. The quantitative estimate of drug-likeness (QED) is 0.223. The summed E-state index contributed by atoms with van der Waals surface area (Å²) < 4.78 is 27.4. The van der Waals surface area contributed by atoms with Gasteiger partial charge in [0.15, 0.2) is 11.5 Å². The molecule has 0 bridgehead atoms. The predicted octanol–water partition coefficient (Wildman–Crippen LogP) is 6.81. The molecule has 4 aromatic heterocycles. The maximum atomic E-state index is 13.7. The minimum Gasteiger partial charge on any atom is -0.336 e. The number of pyridine rings is 2. The number of rotatable bonds is 7. The van der Waals surface area contributed by atoms with Crippen LogP contribution >= 0.6 is 0 Å². The average Bonchev–Trinajstić information content (AvgIpc) is 3.63. The molecule has 5 heterocycles. The number of aromatic nitrogens is 6. The van der Waals surface area contributed by atoms with Crippen molar-refractivity contribution < 1.29 is 8.78 Å². The topological polar surface area (TPSA) is 86.4 Å². The van der Waals surface area contributed by atoms with E-state index in [1.807, 2.05) is 74.7 Å². The molecule has 6 rings (SSSR count). The highest BCUT2D eigenvalue weighted by Crippen LogP contribution is 2.32. The van der Waals surface area contributed by atoms with Crippen molar-refractivity contribution in [1.82, 2.24) is 35.0 Å². The van der Waals surface area contributed by atoms with Gasteiger partial charge in [-0.1, -0.05) is 48.1 Å². The summed E-state index contributed by atoms with van der Waals surface area (Å²) in [4.78, 5) is 19.3. The molecule has 0 amide bonds. The summed E-state index contributed by atoms with van der Waals surface area (Å²) in [6.07, 6.45) is 7.43. The lowest BCUT2D eigenvalue weighted by molar-refractivity contribution is 0.0131. The number of aromatic amines is 2. The Kier molecular flexibility index (Phi) is 6.59. The third-order valence-corrected chi connectivity index (χ3v) is 6.94. The molecule has 5 aromatic rings. The van der Waals surface area contributed by atoms with Crippen molar-refractivity contribution in [2.45, 2.75) is 26.2 Å². The Morgan fingerprint density at radius 3 is 2.67 bits per heavy atom. The minimum absolute atomic E-state index is 0.0955. The van der Waals surface area contributed by atoms with Gasteiger partial charge >= 0.3 is 0 Å². The van der Waals surface area contributed by atoms with E-state index >= 15 is 0 Å². The van der Waals surface area contributed by atoms with Crippen molar-refractivity contribution >= 4 is 27.6 Å². The lowest BCUT2D eigenvalue weighted by atomic mass is 10.0. The minimum atomic E-state index is -2.61. The first-order chi connectivity index (χ1) is 19.3. The van der Waals surface area contributed by atoms with Gasteiger partial charge in [-0.3, -0.25) is 15.0 Å². The van der Waals surface area contributed by atoms with Gasteiger partial charge in [0.1, 0.15) is 5.52 Å². The molecule has 2 N–H and O–H groups in total. The molecular weight excluding hydrogens is 508 g/mol. The monoisotopic (exact) mass is 537 g/mol. The van der Waals surface area contributed by atoms with Crippen molar-refractivity contribution in [3.8, 4) is 22.6 Å². The summed E-state index contributed by atoms with van der Waals surface area (Å²) in [5, 5.41) is 7.61. The van der Waals surface area contributed by atoms with Gasteiger partial charge in [-0.15, -0.1) is 0 Å². The number of imidazole rings is 1. The largest absolute Gasteiger partial charge is 0.336 e. The van der Waals surface area contributed by atoms with E-state index < -0.39 is 5.92 Å². The first kappa shape index (κ1) is 25.8. The van der Waals surface area contributed by atoms with Crippen LogP contribution in [0.5, 0.6) is 0 Å². The van der Waals surface area contributed by atoms with Gasteiger partial charge < -0.3 is 4.98 Å². The normalized spacial score (nSPS) is 16.3. The van der Waals surface area contributed by atoms with Gasteiger partial charge in [-0.05, 0) is 38.1 Å².